The number of nitrogens with zero attached hydrogens (tertiary/aromatic N) is 4. The Kier molecular flexibility index (Phi) is 6.37. The molecular weight excluding hydrogens is 378 g/mol. The van der Waals surface area contributed by atoms with E-state index in [1.807, 2.05) is 33.7 Å². The molecule has 1 aliphatic rings. The van der Waals surface area contributed by atoms with Crippen molar-refractivity contribution in [2.75, 3.05) is 19.6 Å². The van der Waals surface area contributed by atoms with Crippen LogP contribution < -0.4 is 5.32 Å². The average Bonchev–Trinajstić information content (AvgIpc) is 2.94. The molecule has 1 fully saturated rings. The molecule has 1 N–H and O–H groups in total. The van der Waals surface area contributed by atoms with Crippen LogP contribution in [0.25, 0.3) is 11.0 Å². The molecule has 30 heavy (non-hydrogen) atoms. The molecule has 4 rings (SSSR count). The number of carbonyl (C=O) groups excluding carboxylic acids is 2. The van der Waals surface area contributed by atoms with Gasteiger partial charge in [0.2, 0.25) is 5.91 Å². The van der Waals surface area contributed by atoms with E-state index in [1.165, 1.54) is 12.8 Å². The molecule has 0 spiro atoms. The number of aromatic nitrogens is 3. The van der Waals surface area contributed by atoms with Crippen LogP contribution >= 0.6 is 0 Å². The monoisotopic (exact) mass is 405 g/mol. The average molecular weight is 406 g/mol. The molecule has 3 heterocycles. The number of hydrogen-bond donors (Lipinski definition) is 1. The molecule has 1 aliphatic heterocycles. The molecule has 0 atom stereocenters. The summed E-state index contributed by atoms with van der Waals surface area (Å²) in [4.78, 5) is 35.9. The van der Waals surface area contributed by atoms with E-state index in [0.717, 1.165) is 42.8 Å². The van der Waals surface area contributed by atoms with Gasteiger partial charge in [0.1, 0.15) is 12.4 Å². The molecule has 0 saturated carbocycles. The Labute approximate surface area is 176 Å². The predicted molar refractivity (Wildman–Crippen MR) is 115 cm³/mol. The summed E-state index contributed by atoms with van der Waals surface area (Å²) in [6.45, 7) is 2.40. The lowest BCUT2D eigenvalue weighted by Gasteiger charge is -2.21. The minimum absolute atomic E-state index is 0.138. The number of likely N-dealkylation sites (tertiary alicyclic amines) is 1. The van der Waals surface area contributed by atoms with E-state index >= 15 is 0 Å². The van der Waals surface area contributed by atoms with Crippen molar-refractivity contribution in [3.05, 3.63) is 60.2 Å². The summed E-state index contributed by atoms with van der Waals surface area (Å²) in [6, 6.07) is 11.2. The van der Waals surface area contributed by atoms with Crippen molar-refractivity contribution in [2.45, 2.75) is 38.6 Å². The number of imidazole rings is 1. The highest BCUT2D eigenvalue weighted by Gasteiger charge is 2.19. The number of benzene rings is 1. The summed E-state index contributed by atoms with van der Waals surface area (Å²) in [7, 11) is 0. The first-order valence-electron chi connectivity index (χ1n) is 10.6. The van der Waals surface area contributed by atoms with Gasteiger partial charge in [0, 0.05) is 44.0 Å². The Balaban J connectivity index is 1.47. The number of pyridine rings is 1. The van der Waals surface area contributed by atoms with Crippen LogP contribution in [0.4, 0.5) is 0 Å². The van der Waals surface area contributed by atoms with E-state index in [9.17, 15) is 9.59 Å². The molecule has 7 heteroatoms. The van der Waals surface area contributed by atoms with E-state index in [4.69, 9.17) is 4.98 Å². The van der Waals surface area contributed by atoms with Crippen molar-refractivity contribution in [3.63, 3.8) is 0 Å². The van der Waals surface area contributed by atoms with Crippen molar-refractivity contribution in [1.82, 2.24) is 24.8 Å². The number of hydrogen-bond acceptors (Lipinski definition) is 4. The second-order valence-electron chi connectivity index (χ2n) is 7.64. The third-order valence-electron chi connectivity index (χ3n) is 5.56. The van der Waals surface area contributed by atoms with Crippen molar-refractivity contribution in [1.29, 1.82) is 0 Å². The number of carbonyl (C=O) groups is 2. The van der Waals surface area contributed by atoms with Gasteiger partial charge in [0.25, 0.3) is 5.91 Å². The van der Waals surface area contributed by atoms with Crippen LogP contribution in [0.2, 0.25) is 0 Å². The van der Waals surface area contributed by atoms with Crippen molar-refractivity contribution in [2.24, 2.45) is 0 Å². The van der Waals surface area contributed by atoms with Gasteiger partial charge >= 0.3 is 0 Å². The summed E-state index contributed by atoms with van der Waals surface area (Å²) in [5.41, 5.74) is 2.41. The second kappa shape index (κ2) is 9.52. The topological polar surface area (TPSA) is 80.1 Å². The summed E-state index contributed by atoms with van der Waals surface area (Å²) in [5.74, 6) is 0.817. The predicted octanol–water partition coefficient (Wildman–Crippen LogP) is 2.81. The van der Waals surface area contributed by atoms with Gasteiger partial charge in [-0.05, 0) is 37.1 Å². The zero-order valence-electron chi connectivity index (χ0n) is 17.1. The van der Waals surface area contributed by atoms with Crippen molar-refractivity contribution >= 4 is 22.8 Å². The van der Waals surface area contributed by atoms with Gasteiger partial charge in [0.05, 0.1) is 11.0 Å². The van der Waals surface area contributed by atoms with Crippen LogP contribution in [0, 0.1) is 0 Å². The fraction of sp³-hybridized carbons (Fsp3) is 0.391. The fourth-order valence-corrected chi connectivity index (χ4v) is 3.94. The molecule has 1 aromatic carbocycles. The van der Waals surface area contributed by atoms with Crippen LogP contribution in [0.5, 0.6) is 0 Å². The van der Waals surface area contributed by atoms with Gasteiger partial charge in [-0.1, -0.05) is 25.0 Å². The molecule has 2 amide bonds. The van der Waals surface area contributed by atoms with Gasteiger partial charge in [-0.15, -0.1) is 0 Å². The number of fused-ring (bicyclic) bond motifs is 1. The first-order valence-corrected chi connectivity index (χ1v) is 10.6. The van der Waals surface area contributed by atoms with Crippen LogP contribution in [-0.2, 0) is 17.8 Å². The van der Waals surface area contributed by atoms with Crippen LogP contribution in [0.3, 0.4) is 0 Å². The standard InChI is InChI=1S/C23H27N5O2/c29-22(27-15-5-1-2-6-16-27)17-28-20-8-4-3-7-19(20)26-21(28)11-14-25-23(30)18-9-12-24-13-10-18/h3-4,7-10,12-13H,1-2,5-6,11,14-17H2,(H,25,30). The highest BCUT2D eigenvalue weighted by Crippen LogP contribution is 2.18. The zero-order valence-corrected chi connectivity index (χ0v) is 17.1. The number of amides is 2. The summed E-state index contributed by atoms with van der Waals surface area (Å²) in [6.07, 6.45) is 8.29. The van der Waals surface area contributed by atoms with Gasteiger partial charge in [-0.2, -0.15) is 0 Å². The molecule has 0 radical (unpaired) electrons. The Morgan fingerprint density at radius 1 is 0.967 bits per heavy atom. The molecule has 0 bridgehead atoms. The smallest absolute Gasteiger partial charge is 0.251 e. The van der Waals surface area contributed by atoms with Gasteiger partial charge in [0.15, 0.2) is 0 Å². The highest BCUT2D eigenvalue weighted by molar-refractivity contribution is 5.93. The Bertz CT molecular complexity index is 1010. The second-order valence-corrected chi connectivity index (χ2v) is 7.64. The maximum Gasteiger partial charge on any atom is 0.251 e. The zero-order chi connectivity index (χ0) is 20.8. The normalized spacial score (nSPS) is 14.5. The summed E-state index contributed by atoms with van der Waals surface area (Å²) in [5, 5.41) is 2.93. The minimum Gasteiger partial charge on any atom is -0.352 e. The van der Waals surface area contributed by atoms with Crippen molar-refractivity contribution < 1.29 is 9.59 Å². The first kappa shape index (κ1) is 20.1. The fourth-order valence-electron chi connectivity index (χ4n) is 3.94. The van der Waals surface area contributed by atoms with E-state index in [-0.39, 0.29) is 18.4 Å². The van der Waals surface area contributed by atoms with Gasteiger partial charge < -0.3 is 14.8 Å². The summed E-state index contributed by atoms with van der Waals surface area (Å²) < 4.78 is 2.00. The quantitative estimate of drug-likeness (QED) is 0.684. The van der Waals surface area contributed by atoms with Crippen molar-refractivity contribution in [3.8, 4) is 0 Å². The lowest BCUT2D eigenvalue weighted by molar-refractivity contribution is -0.131. The number of rotatable bonds is 6. The molecule has 0 aliphatic carbocycles. The molecule has 2 aromatic heterocycles. The molecule has 3 aromatic rings. The molecule has 156 valence electrons. The number of nitrogens with one attached hydrogen (secondary N) is 1. The molecule has 1 saturated heterocycles. The van der Waals surface area contributed by atoms with Gasteiger partial charge in [-0.3, -0.25) is 14.6 Å². The summed E-state index contributed by atoms with van der Waals surface area (Å²) >= 11 is 0. The Morgan fingerprint density at radius 3 is 2.47 bits per heavy atom. The minimum atomic E-state index is -0.138. The van der Waals surface area contributed by atoms with E-state index in [1.54, 1.807) is 24.5 Å². The van der Waals surface area contributed by atoms with E-state index in [0.29, 0.717) is 18.5 Å². The largest absolute Gasteiger partial charge is 0.352 e. The van der Waals surface area contributed by atoms with Crippen LogP contribution in [-0.4, -0.2) is 50.9 Å². The maximum atomic E-state index is 13.0. The SMILES string of the molecule is O=C(NCCc1nc2ccccc2n1CC(=O)N1CCCCCC1)c1ccncc1. The Morgan fingerprint density at radius 2 is 1.70 bits per heavy atom. The number of para-hydroxylation sites is 2. The van der Waals surface area contributed by atoms with E-state index < -0.39 is 0 Å². The molecule has 7 nitrogen and oxygen atoms in total. The third-order valence-corrected chi connectivity index (χ3v) is 5.56. The Hall–Kier alpha value is -3.22. The van der Waals surface area contributed by atoms with Crippen LogP contribution in [0.1, 0.15) is 41.9 Å². The van der Waals surface area contributed by atoms with Crippen LogP contribution in [0.15, 0.2) is 48.8 Å². The molecular formula is C23H27N5O2. The van der Waals surface area contributed by atoms with Gasteiger partial charge in [-0.25, -0.2) is 4.98 Å². The first-order chi connectivity index (χ1) is 14.7. The lowest BCUT2D eigenvalue weighted by atomic mass is 10.2. The maximum absolute atomic E-state index is 13.0. The highest BCUT2D eigenvalue weighted by atomic mass is 16.2. The van der Waals surface area contributed by atoms with E-state index in [2.05, 4.69) is 10.3 Å². The molecule has 0 unspecified atom stereocenters. The lowest BCUT2D eigenvalue weighted by Crippen LogP contribution is -2.35. The third kappa shape index (κ3) is 4.67.